The zero-order chi connectivity index (χ0) is 11.4. The minimum atomic E-state index is 0.652. The van der Waals surface area contributed by atoms with Crippen LogP contribution in [0.5, 0.6) is 0 Å². The standard InChI is InChI=1S/C13H23N3/c1-3-7-16-10-14-8-13(16)9-15-11(2)12-5-4-6-12/h8,10-12,15H,3-7,9H2,1-2H3. The largest absolute Gasteiger partial charge is 0.333 e. The molecule has 1 fully saturated rings. The van der Waals surface area contributed by atoms with E-state index in [0.29, 0.717) is 6.04 Å². The number of nitrogens with zero attached hydrogens (tertiary/aromatic N) is 2. The molecule has 1 unspecified atom stereocenters. The summed E-state index contributed by atoms with van der Waals surface area (Å²) >= 11 is 0. The Morgan fingerprint density at radius 2 is 2.38 bits per heavy atom. The molecule has 90 valence electrons. The molecule has 3 heteroatoms. The average Bonchev–Trinajstić information content (AvgIpc) is 2.60. The molecule has 1 aliphatic carbocycles. The van der Waals surface area contributed by atoms with E-state index in [0.717, 1.165) is 19.0 Å². The van der Waals surface area contributed by atoms with Gasteiger partial charge >= 0.3 is 0 Å². The molecular formula is C13H23N3. The Morgan fingerprint density at radius 1 is 1.56 bits per heavy atom. The summed E-state index contributed by atoms with van der Waals surface area (Å²) < 4.78 is 2.25. The van der Waals surface area contributed by atoms with Gasteiger partial charge in [-0.15, -0.1) is 0 Å². The molecule has 0 aliphatic heterocycles. The molecule has 0 aromatic carbocycles. The summed E-state index contributed by atoms with van der Waals surface area (Å²) in [4.78, 5) is 4.22. The molecule has 1 aliphatic rings. The maximum absolute atomic E-state index is 4.22. The minimum Gasteiger partial charge on any atom is -0.333 e. The van der Waals surface area contributed by atoms with Gasteiger partial charge in [-0.2, -0.15) is 0 Å². The van der Waals surface area contributed by atoms with Crippen LogP contribution in [0.3, 0.4) is 0 Å². The van der Waals surface area contributed by atoms with Crippen molar-refractivity contribution in [2.75, 3.05) is 0 Å². The van der Waals surface area contributed by atoms with Crippen LogP contribution in [0.15, 0.2) is 12.5 Å². The van der Waals surface area contributed by atoms with Gasteiger partial charge in [0.25, 0.3) is 0 Å². The van der Waals surface area contributed by atoms with Crippen molar-refractivity contribution in [2.45, 2.75) is 58.7 Å². The molecule has 1 aromatic rings. The van der Waals surface area contributed by atoms with Gasteiger partial charge in [-0.3, -0.25) is 0 Å². The van der Waals surface area contributed by atoms with Crippen LogP contribution in [0, 0.1) is 5.92 Å². The number of aromatic nitrogens is 2. The zero-order valence-electron chi connectivity index (χ0n) is 10.4. The molecule has 1 saturated carbocycles. The molecular weight excluding hydrogens is 198 g/mol. The Labute approximate surface area is 98.3 Å². The first-order chi connectivity index (χ1) is 7.81. The Morgan fingerprint density at radius 3 is 3.00 bits per heavy atom. The van der Waals surface area contributed by atoms with E-state index in [1.807, 2.05) is 12.5 Å². The maximum Gasteiger partial charge on any atom is 0.0948 e. The topological polar surface area (TPSA) is 29.9 Å². The van der Waals surface area contributed by atoms with Crippen molar-refractivity contribution < 1.29 is 0 Å². The van der Waals surface area contributed by atoms with Crippen LogP contribution >= 0.6 is 0 Å². The predicted molar refractivity (Wildman–Crippen MR) is 66.2 cm³/mol. The number of hydrogen-bond donors (Lipinski definition) is 1. The van der Waals surface area contributed by atoms with Crippen LogP contribution in [0.2, 0.25) is 0 Å². The summed E-state index contributed by atoms with van der Waals surface area (Å²) in [5, 5.41) is 3.62. The molecule has 16 heavy (non-hydrogen) atoms. The molecule has 0 bridgehead atoms. The van der Waals surface area contributed by atoms with Crippen LogP contribution in [0.1, 0.15) is 45.2 Å². The van der Waals surface area contributed by atoms with E-state index in [-0.39, 0.29) is 0 Å². The van der Waals surface area contributed by atoms with Gasteiger partial charge in [0, 0.05) is 25.3 Å². The smallest absolute Gasteiger partial charge is 0.0948 e. The van der Waals surface area contributed by atoms with Gasteiger partial charge in [0.2, 0.25) is 0 Å². The molecule has 3 nitrogen and oxygen atoms in total. The third-order valence-electron chi connectivity index (χ3n) is 3.73. The molecule has 0 spiro atoms. The second kappa shape index (κ2) is 5.48. The van der Waals surface area contributed by atoms with Crippen LogP contribution in [-0.2, 0) is 13.1 Å². The molecule has 0 saturated heterocycles. The summed E-state index contributed by atoms with van der Waals surface area (Å²) in [6.45, 7) is 6.55. The van der Waals surface area contributed by atoms with E-state index in [9.17, 15) is 0 Å². The first kappa shape index (κ1) is 11.6. The average molecular weight is 221 g/mol. The van der Waals surface area contributed by atoms with Gasteiger partial charge in [0.15, 0.2) is 0 Å². The molecule has 1 N–H and O–H groups in total. The molecule has 1 aromatic heterocycles. The van der Waals surface area contributed by atoms with E-state index < -0.39 is 0 Å². The summed E-state index contributed by atoms with van der Waals surface area (Å²) in [7, 11) is 0. The van der Waals surface area contributed by atoms with Crippen molar-refractivity contribution in [3.63, 3.8) is 0 Å². The molecule has 1 atom stereocenters. The fraction of sp³-hybridized carbons (Fsp3) is 0.769. The van der Waals surface area contributed by atoms with Crippen molar-refractivity contribution >= 4 is 0 Å². The van der Waals surface area contributed by atoms with E-state index >= 15 is 0 Å². The summed E-state index contributed by atoms with van der Waals surface area (Å²) in [5.41, 5.74) is 1.31. The quantitative estimate of drug-likeness (QED) is 0.800. The predicted octanol–water partition coefficient (Wildman–Crippen LogP) is 2.57. The Kier molecular flexibility index (Phi) is 3.99. The lowest BCUT2D eigenvalue weighted by Crippen LogP contribution is -2.37. The number of aryl methyl sites for hydroxylation is 1. The van der Waals surface area contributed by atoms with Crippen molar-refractivity contribution in [3.8, 4) is 0 Å². The highest BCUT2D eigenvalue weighted by Crippen LogP contribution is 2.29. The lowest BCUT2D eigenvalue weighted by atomic mass is 9.80. The van der Waals surface area contributed by atoms with Gasteiger partial charge in [-0.1, -0.05) is 13.3 Å². The Bertz CT molecular complexity index is 315. The van der Waals surface area contributed by atoms with Crippen LogP contribution in [0.4, 0.5) is 0 Å². The lowest BCUT2D eigenvalue weighted by Gasteiger charge is -2.32. The van der Waals surface area contributed by atoms with Crippen molar-refractivity contribution in [3.05, 3.63) is 18.2 Å². The summed E-state index contributed by atoms with van der Waals surface area (Å²) in [5.74, 6) is 0.905. The zero-order valence-corrected chi connectivity index (χ0v) is 10.4. The van der Waals surface area contributed by atoms with Crippen molar-refractivity contribution in [1.29, 1.82) is 0 Å². The van der Waals surface area contributed by atoms with Crippen LogP contribution < -0.4 is 5.32 Å². The third kappa shape index (κ3) is 2.64. The Balaban J connectivity index is 1.81. The summed E-state index contributed by atoms with van der Waals surface area (Å²) in [6, 6.07) is 0.652. The highest BCUT2D eigenvalue weighted by atomic mass is 15.1. The van der Waals surface area contributed by atoms with E-state index in [4.69, 9.17) is 0 Å². The van der Waals surface area contributed by atoms with E-state index in [1.54, 1.807) is 0 Å². The third-order valence-corrected chi connectivity index (χ3v) is 3.73. The molecule has 0 amide bonds. The number of rotatable bonds is 6. The van der Waals surface area contributed by atoms with Crippen LogP contribution in [-0.4, -0.2) is 15.6 Å². The monoisotopic (exact) mass is 221 g/mol. The molecule has 1 heterocycles. The lowest BCUT2D eigenvalue weighted by molar-refractivity contribution is 0.239. The number of imidazole rings is 1. The fourth-order valence-electron chi connectivity index (χ4n) is 2.31. The van der Waals surface area contributed by atoms with Gasteiger partial charge in [-0.05, 0) is 32.1 Å². The normalized spacial score (nSPS) is 18.4. The number of nitrogens with one attached hydrogen (secondary N) is 1. The SMILES string of the molecule is CCCn1cncc1CNC(C)C1CCC1. The van der Waals surface area contributed by atoms with Gasteiger partial charge in [0.1, 0.15) is 0 Å². The Hall–Kier alpha value is -0.830. The first-order valence-electron chi connectivity index (χ1n) is 6.53. The molecule has 0 radical (unpaired) electrons. The minimum absolute atomic E-state index is 0.652. The summed E-state index contributed by atoms with van der Waals surface area (Å²) in [6.07, 6.45) is 9.32. The molecule has 2 rings (SSSR count). The second-order valence-electron chi connectivity index (χ2n) is 4.94. The first-order valence-corrected chi connectivity index (χ1v) is 6.53. The van der Waals surface area contributed by atoms with Gasteiger partial charge in [0.05, 0.1) is 12.0 Å². The maximum atomic E-state index is 4.22. The van der Waals surface area contributed by atoms with Gasteiger partial charge < -0.3 is 9.88 Å². The van der Waals surface area contributed by atoms with Gasteiger partial charge in [-0.25, -0.2) is 4.98 Å². The second-order valence-corrected chi connectivity index (χ2v) is 4.94. The van der Waals surface area contributed by atoms with Crippen molar-refractivity contribution in [2.24, 2.45) is 5.92 Å². The fourth-order valence-corrected chi connectivity index (χ4v) is 2.31. The number of hydrogen-bond acceptors (Lipinski definition) is 2. The van der Waals surface area contributed by atoms with Crippen molar-refractivity contribution in [1.82, 2.24) is 14.9 Å². The van der Waals surface area contributed by atoms with E-state index in [2.05, 4.69) is 28.7 Å². The van der Waals surface area contributed by atoms with E-state index in [1.165, 1.54) is 31.4 Å². The highest BCUT2D eigenvalue weighted by molar-refractivity contribution is 4.98. The highest BCUT2D eigenvalue weighted by Gasteiger charge is 2.23. The van der Waals surface area contributed by atoms with Crippen LogP contribution in [0.25, 0.3) is 0 Å².